The molecule has 0 saturated carbocycles. The first-order valence-electron chi connectivity index (χ1n) is 19.1. The van der Waals surface area contributed by atoms with E-state index in [9.17, 15) is 0 Å². The van der Waals surface area contributed by atoms with Crippen molar-refractivity contribution in [2.45, 2.75) is 25.3 Å². The van der Waals surface area contributed by atoms with Crippen LogP contribution in [0.4, 0.5) is 5.69 Å². The Morgan fingerprint density at radius 1 is 0.537 bits per heavy atom. The Morgan fingerprint density at radius 3 is 2.11 bits per heavy atom. The molecule has 8 aromatic carbocycles. The number of hydrogen-bond acceptors (Lipinski definition) is 2. The van der Waals surface area contributed by atoms with Crippen molar-refractivity contribution < 1.29 is 0 Å². The lowest BCUT2D eigenvalue weighted by Gasteiger charge is -2.31. The fraction of sp³-hybridized carbons (Fsp3) is 0.0769. The third-order valence-corrected chi connectivity index (χ3v) is 12.9. The van der Waals surface area contributed by atoms with Crippen molar-refractivity contribution >= 4 is 71.2 Å². The van der Waals surface area contributed by atoms with Gasteiger partial charge >= 0.3 is 0 Å². The summed E-state index contributed by atoms with van der Waals surface area (Å²) in [6.07, 6.45) is 10.3. The molecule has 2 heterocycles. The van der Waals surface area contributed by atoms with Gasteiger partial charge in [-0.05, 0) is 115 Å². The SMILES string of the molecule is C1=Cc2c(sc3ccc(-c4c5ccccc5c(-c5cccc6ccccc56)c5cc(N6C(c7ccccc7)=CCC6c6ccccc6)ccc45)cc23)CC1. The third-order valence-electron chi connectivity index (χ3n) is 11.6. The first-order chi connectivity index (χ1) is 26.8. The monoisotopic (exact) mass is 707 g/mol. The van der Waals surface area contributed by atoms with E-state index < -0.39 is 0 Å². The zero-order chi connectivity index (χ0) is 35.6. The molecule has 1 aromatic heterocycles. The molecule has 1 nitrogen and oxygen atoms in total. The molecule has 0 radical (unpaired) electrons. The molecular weight excluding hydrogens is 671 g/mol. The molecule has 1 atom stereocenters. The van der Waals surface area contributed by atoms with Crippen molar-refractivity contribution in [2.75, 3.05) is 4.90 Å². The van der Waals surface area contributed by atoms with Gasteiger partial charge in [0.2, 0.25) is 0 Å². The van der Waals surface area contributed by atoms with E-state index in [1.807, 2.05) is 11.3 Å². The Bertz CT molecular complexity index is 2960. The van der Waals surface area contributed by atoms with Crippen LogP contribution in [0.2, 0.25) is 0 Å². The van der Waals surface area contributed by atoms with Gasteiger partial charge in [-0.2, -0.15) is 0 Å². The molecule has 1 unspecified atom stereocenters. The molecule has 0 saturated heterocycles. The van der Waals surface area contributed by atoms with Crippen LogP contribution in [0, 0.1) is 0 Å². The summed E-state index contributed by atoms with van der Waals surface area (Å²) in [5, 5.41) is 9.02. The number of aryl methyl sites for hydroxylation is 1. The van der Waals surface area contributed by atoms with Gasteiger partial charge in [-0.3, -0.25) is 0 Å². The summed E-state index contributed by atoms with van der Waals surface area (Å²) < 4.78 is 1.37. The predicted octanol–water partition coefficient (Wildman–Crippen LogP) is 14.6. The summed E-state index contributed by atoms with van der Waals surface area (Å²) in [5.41, 5.74) is 11.6. The van der Waals surface area contributed by atoms with E-state index in [2.05, 4.69) is 187 Å². The van der Waals surface area contributed by atoms with Gasteiger partial charge in [0.05, 0.1) is 6.04 Å². The Labute approximate surface area is 319 Å². The molecule has 0 N–H and O–H groups in total. The molecule has 0 bridgehead atoms. The number of thiophene rings is 1. The van der Waals surface area contributed by atoms with Crippen LogP contribution < -0.4 is 4.90 Å². The highest BCUT2D eigenvalue weighted by atomic mass is 32.1. The van der Waals surface area contributed by atoms with E-state index in [1.54, 1.807) is 0 Å². The number of benzene rings is 8. The zero-order valence-corrected chi connectivity index (χ0v) is 30.7. The van der Waals surface area contributed by atoms with E-state index in [1.165, 1.54) is 97.6 Å². The van der Waals surface area contributed by atoms with Crippen molar-refractivity contribution in [3.8, 4) is 22.3 Å². The average Bonchev–Trinajstić information content (AvgIpc) is 3.85. The van der Waals surface area contributed by atoms with Gasteiger partial charge < -0.3 is 4.90 Å². The van der Waals surface area contributed by atoms with Crippen molar-refractivity contribution in [1.82, 2.24) is 0 Å². The van der Waals surface area contributed by atoms with E-state index >= 15 is 0 Å². The van der Waals surface area contributed by atoms with Gasteiger partial charge in [-0.1, -0.05) is 158 Å². The maximum absolute atomic E-state index is 2.59. The molecule has 2 heteroatoms. The summed E-state index contributed by atoms with van der Waals surface area (Å²) in [6, 6.07) is 61.3. The minimum Gasteiger partial charge on any atom is -0.333 e. The lowest BCUT2D eigenvalue weighted by Crippen LogP contribution is -2.22. The Hall–Kier alpha value is -6.22. The molecule has 0 fully saturated rings. The summed E-state index contributed by atoms with van der Waals surface area (Å²) in [7, 11) is 0. The number of allylic oxidation sites excluding steroid dienone is 1. The smallest absolute Gasteiger partial charge is 0.0626 e. The molecular formula is C52H37NS. The van der Waals surface area contributed by atoms with Crippen LogP contribution in [-0.4, -0.2) is 0 Å². The predicted molar refractivity (Wildman–Crippen MR) is 233 cm³/mol. The lowest BCUT2D eigenvalue weighted by atomic mass is 9.84. The second-order valence-corrected chi connectivity index (χ2v) is 15.8. The van der Waals surface area contributed by atoms with E-state index in [-0.39, 0.29) is 6.04 Å². The van der Waals surface area contributed by atoms with Crippen LogP contribution in [0.3, 0.4) is 0 Å². The fourth-order valence-electron chi connectivity index (χ4n) is 9.21. The summed E-state index contributed by atoms with van der Waals surface area (Å²) in [6.45, 7) is 0. The molecule has 1 aliphatic heterocycles. The summed E-state index contributed by atoms with van der Waals surface area (Å²) >= 11 is 1.96. The Kier molecular flexibility index (Phi) is 7.38. The number of nitrogens with zero attached hydrogens (tertiary/aromatic N) is 1. The number of fused-ring (bicyclic) bond motifs is 6. The van der Waals surface area contributed by atoms with E-state index in [0.29, 0.717) is 0 Å². The standard InChI is InChI=1S/C52H37NS/c1-3-15-35(16-4-1)47-29-30-48(36-17-5-2-6-18-36)53(47)38-27-28-44-46(33-38)52(41-24-13-19-34-14-7-8-20-39(34)41)43-23-10-9-22-42(43)51(44)37-26-31-50-45(32-37)40-21-11-12-25-49(40)54-50/h1-11,13-24,26-29,31-33,48H,12,25,30H2. The van der Waals surface area contributed by atoms with Crippen LogP contribution in [0.25, 0.3) is 76.4 Å². The molecule has 2 aliphatic rings. The summed E-state index contributed by atoms with van der Waals surface area (Å²) in [4.78, 5) is 4.10. The quantitative estimate of drug-likeness (QED) is 0.161. The number of hydrogen-bond donors (Lipinski definition) is 0. The van der Waals surface area contributed by atoms with Crippen molar-refractivity contribution in [1.29, 1.82) is 0 Å². The average molecular weight is 708 g/mol. The molecule has 0 spiro atoms. The lowest BCUT2D eigenvalue weighted by molar-refractivity contribution is 0.749. The zero-order valence-electron chi connectivity index (χ0n) is 29.9. The second kappa shape index (κ2) is 12.7. The topological polar surface area (TPSA) is 3.24 Å². The molecule has 54 heavy (non-hydrogen) atoms. The maximum atomic E-state index is 2.59. The van der Waals surface area contributed by atoms with Gasteiger partial charge in [0, 0.05) is 26.3 Å². The fourth-order valence-corrected chi connectivity index (χ4v) is 10.4. The van der Waals surface area contributed by atoms with Crippen LogP contribution in [0.5, 0.6) is 0 Å². The van der Waals surface area contributed by atoms with Crippen molar-refractivity contribution in [2.24, 2.45) is 0 Å². The van der Waals surface area contributed by atoms with Crippen molar-refractivity contribution in [3.63, 3.8) is 0 Å². The van der Waals surface area contributed by atoms with Crippen LogP contribution >= 0.6 is 11.3 Å². The highest BCUT2D eigenvalue weighted by Gasteiger charge is 2.30. The molecule has 11 rings (SSSR count). The van der Waals surface area contributed by atoms with Gasteiger partial charge in [-0.25, -0.2) is 0 Å². The maximum Gasteiger partial charge on any atom is 0.0626 e. The second-order valence-electron chi connectivity index (χ2n) is 14.6. The molecule has 1 aliphatic carbocycles. The largest absolute Gasteiger partial charge is 0.333 e. The highest BCUT2D eigenvalue weighted by Crippen LogP contribution is 2.50. The normalized spacial score (nSPS) is 15.4. The summed E-state index contributed by atoms with van der Waals surface area (Å²) in [5.74, 6) is 0. The van der Waals surface area contributed by atoms with Gasteiger partial charge in [0.15, 0.2) is 0 Å². The highest BCUT2D eigenvalue weighted by molar-refractivity contribution is 7.19. The molecule has 0 amide bonds. The van der Waals surface area contributed by atoms with Gasteiger partial charge in [0.25, 0.3) is 0 Å². The molecule has 256 valence electrons. The first-order valence-corrected chi connectivity index (χ1v) is 19.9. The first kappa shape index (κ1) is 31.3. The Morgan fingerprint density at radius 2 is 1.26 bits per heavy atom. The third kappa shape index (κ3) is 4.98. The van der Waals surface area contributed by atoms with E-state index in [4.69, 9.17) is 0 Å². The molecule has 9 aromatic rings. The van der Waals surface area contributed by atoms with Gasteiger partial charge in [-0.15, -0.1) is 11.3 Å². The number of rotatable bonds is 5. The van der Waals surface area contributed by atoms with Crippen LogP contribution in [-0.2, 0) is 6.42 Å². The minimum absolute atomic E-state index is 0.194. The van der Waals surface area contributed by atoms with Crippen LogP contribution in [0.15, 0.2) is 176 Å². The van der Waals surface area contributed by atoms with Crippen molar-refractivity contribution in [3.05, 3.63) is 198 Å². The van der Waals surface area contributed by atoms with Gasteiger partial charge in [0.1, 0.15) is 0 Å². The number of anilines is 1. The van der Waals surface area contributed by atoms with E-state index in [0.717, 1.165) is 19.3 Å². The van der Waals surface area contributed by atoms with Crippen LogP contribution in [0.1, 0.15) is 40.5 Å². The Balaban J connectivity index is 1.23. The minimum atomic E-state index is 0.194.